The Kier molecular flexibility index (Phi) is 8.22. The molecule has 2 heteroatoms. The normalized spacial score (nSPS) is 11.5. The van der Waals surface area contributed by atoms with Crippen molar-refractivity contribution < 1.29 is 4.74 Å². The fourth-order valence-electron chi connectivity index (χ4n) is 2.12. The minimum absolute atomic E-state index is 0.731. The molecule has 0 atom stereocenters. The van der Waals surface area contributed by atoms with Crippen LogP contribution in [-0.4, -0.2) is 31.1 Å². The van der Waals surface area contributed by atoms with Crippen LogP contribution in [0.15, 0.2) is 61.2 Å². The topological polar surface area (TPSA) is 12.5 Å². The second kappa shape index (κ2) is 10.0. The number of ether oxygens (including phenoxy) is 1. The van der Waals surface area contributed by atoms with E-state index in [9.17, 15) is 0 Å². The predicted molar refractivity (Wildman–Crippen MR) is 91.9 cm³/mol. The average Bonchev–Trinajstić information content (AvgIpc) is 2.52. The van der Waals surface area contributed by atoms with Gasteiger partial charge in [0.15, 0.2) is 0 Å². The van der Waals surface area contributed by atoms with Gasteiger partial charge in [-0.1, -0.05) is 57.4 Å². The Balaban J connectivity index is 2.48. The Morgan fingerprint density at radius 2 is 1.81 bits per heavy atom. The van der Waals surface area contributed by atoms with Gasteiger partial charge in [0.25, 0.3) is 0 Å². The molecule has 0 aliphatic rings. The van der Waals surface area contributed by atoms with Crippen molar-refractivity contribution in [2.24, 2.45) is 0 Å². The van der Waals surface area contributed by atoms with Crippen molar-refractivity contribution in [2.75, 3.05) is 26.2 Å². The summed E-state index contributed by atoms with van der Waals surface area (Å²) in [7, 11) is 0. The fraction of sp³-hybridized carbons (Fsp3) is 0.368. The first-order valence-corrected chi connectivity index (χ1v) is 7.61. The minimum atomic E-state index is 0.731. The summed E-state index contributed by atoms with van der Waals surface area (Å²) in [5, 5.41) is 0. The van der Waals surface area contributed by atoms with Crippen molar-refractivity contribution in [3.8, 4) is 5.75 Å². The monoisotopic (exact) mass is 285 g/mol. The summed E-state index contributed by atoms with van der Waals surface area (Å²) in [6.07, 6.45) is 6.52. The van der Waals surface area contributed by atoms with Gasteiger partial charge in [-0.15, -0.1) is 0 Å². The molecule has 0 amide bonds. The molecule has 1 aromatic carbocycles. The van der Waals surface area contributed by atoms with Crippen molar-refractivity contribution in [1.82, 2.24) is 4.90 Å². The molecular formula is C19H27NO. The molecule has 0 radical (unpaired) electrons. The Labute approximate surface area is 129 Å². The highest BCUT2D eigenvalue weighted by Crippen LogP contribution is 2.15. The molecule has 114 valence electrons. The lowest BCUT2D eigenvalue weighted by Crippen LogP contribution is -2.27. The molecule has 1 rings (SSSR count). The van der Waals surface area contributed by atoms with Crippen LogP contribution < -0.4 is 4.74 Å². The van der Waals surface area contributed by atoms with E-state index in [0.29, 0.717) is 0 Å². The SMILES string of the molecule is C=C/C=C(\C=C)Cc1ccc(OCCN(CC)CC)cc1. The molecule has 0 heterocycles. The maximum absolute atomic E-state index is 5.78. The molecule has 0 saturated carbocycles. The molecule has 0 bridgehead atoms. The van der Waals surface area contributed by atoms with Gasteiger partial charge in [0.2, 0.25) is 0 Å². The smallest absolute Gasteiger partial charge is 0.119 e. The zero-order chi connectivity index (χ0) is 15.5. The number of hydrogen-bond acceptors (Lipinski definition) is 2. The van der Waals surface area contributed by atoms with Crippen molar-refractivity contribution in [1.29, 1.82) is 0 Å². The standard InChI is InChI=1S/C19H27NO/c1-5-9-17(6-2)16-18-10-12-19(13-11-18)21-15-14-20(7-3)8-4/h5-6,9-13H,1-2,7-8,14-16H2,3-4H3/b17-9+. The van der Waals surface area contributed by atoms with Crippen LogP contribution in [-0.2, 0) is 6.42 Å². The lowest BCUT2D eigenvalue weighted by molar-refractivity contribution is 0.223. The van der Waals surface area contributed by atoms with Gasteiger partial charge in [-0.2, -0.15) is 0 Å². The van der Waals surface area contributed by atoms with Crippen LogP contribution in [0.1, 0.15) is 19.4 Å². The lowest BCUT2D eigenvalue weighted by atomic mass is 10.0. The zero-order valence-corrected chi connectivity index (χ0v) is 13.3. The molecule has 0 fully saturated rings. The zero-order valence-electron chi connectivity index (χ0n) is 13.3. The van der Waals surface area contributed by atoms with E-state index in [1.807, 2.05) is 24.3 Å². The molecule has 21 heavy (non-hydrogen) atoms. The number of likely N-dealkylation sites (N-methyl/N-ethyl adjacent to an activating group) is 1. The first-order chi connectivity index (χ1) is 10.2. The third kappa shape index (κ3) is 6.46. The Bertz CT molecular complexity index is 455. The number of allylic oxidation sites excluding steroid dienone is 4. The van der Waals surface area contributed by atoms with Crippen LogP contribution in [0.2, 0.25) is 0 Å². The van der Waals surface area contributed by atoms with Gasteiger partial charge in [0.05, 0.1) is 0 Å². The van der Waals surface area contributed by atoms with Crippen LogP contribution in [0.4, 0.5) is 0 Å². The van der Waals surface area contributed by atoms with Crippen molar-refractivity contribution in [3.63, 3.8) is 0 Å². The maximum atomic E-state index is 5.78. The highest BCUT2D eigenvalue weighted by molar-refractivity contribution is 5.33. The van der Waals surface area contributed by atoms with Gasteiger partial charge in [-0.25, -0.2) is 0 Å². The van der Waals surface area contributed by atoms with Gasteiger partial charge in [0.1, 0.15) is 12.4 Å². The third-order valence-corrected chi connectivity index (χ3v) is 3.50. The van der Waals surface area contributed by atoms with E-state index in [2.05, 4.69) is 44.0 Å². The summed E-state index contributed by atoms with van der Waals surface area (Å²) < 4.78 is 5.78. The fourth-order valence-corrected chi connectivity index (χ4v) is 2.12. The van der Waals surface area contributed by atoms with Crippen molar-refractivity contribution in [2.45, 2.75) is 20.3 Å². The Morgan fingerprint density at radius 1 is 1.14 bits per heavy atom. The van der Waals surface area contributed by atoms with Gasteiger partial charge in [-0.3, -0.25) is 0 Å². The molecule has 2 nitrogen and oxygen atoms in total. The molecular weight excluding hydrogens is 258 g/mol. The van der Waals surface area contributed by atoms with Crippen molar-refractivity contribution >= 4 is 0 Å². The molecule has 0 N–H and O–H groups in total. The van der Waals surface area contributed by atoms with Crippen molar-refractivity contribution in [3.05, 3.63) is 66.8 Å². The lowest BCUT2D eigenvalue weighted by Gasteiger charge is -2.18. The van der Waals surface area contributed by atoms with E-state index >= 15 is 0 Å². The molecule has 0 unspecified atom stereocenters. The van der Waals surface area contributed by atoms with E-state index in [0.717, 1.165) is 38.4 Å². The molecule has 0 aliphatic carbocycles. The first-order valence-electron chi connectivity index (χ1n) is 7.61. The second-order valence-electron chi connectivity index (χ2n) is 4.88. The van der Waals surface area contributed by atoms with E-state index in [4.69, 9.17) is 4.74 Å². The highest BCUT2D eigenvalue weighted by atomic mass is 16.5. The largest absolute Gasteiger partial charge is 0.492 e. The number of hydrogen-bond donors (Lipinski definition) is 0. The van der Waals surface area contributed by atoms with Gasteiger partial charge in [0, 0.05) is 6.54 Å². The van der Waals surface area contributed by atoms with E-state index in [-0.39, 0.29) is 0 Å². The molecule has 1 aromatic rings. The number of benzene rings is 1. The van der Waals surface area contributed by atoms with E-state index in [1.54, 1.807) is 6.08 Å². The molecule has 0 aliphatic heterocycles. The highest BCUT2D eigenvalue weighted by Gasteiger charge is 2.00. The summed E-state index contributed by atoms with van der Waals surface area (Å²) in [5.41, 5.74) is 2.42. The molecule has 0 spiro atoms. The van der Waals surface area contributed by atoms with Crippen LogP contribution in [0.3, 0.4) is 0 Å². The summed E-state index contributed by atoms with van der Waals surface area (Å²) in [5.74, 6) is 0.929. The first kappa shape index (κ1) is 17.3. The summed E-state index contributed by atoms with van der Waals surface area (Å²) in [6.45, 7) is 15.7. The second-order valence-corrected chi connectivity index (χ2v) is 4.88. The maximum Gasteiger partial charge on any atom is 0.119 e. The van der Waals surface area contributed by atoms with Crippen LogP contribution >= 0.6 is 0 Å². The van der Waals surface area contributed by atoms with Crippen LogP contribution in [0.5, 0.6) is 5.75 Å². The number of rotatable bonds is 10. The molecule has 0 aromatic heterocycles. The van der Waals surface area contributed by atoms with Crippen LogP contribution in [0, 0.1) is 0 Å². The summed E-state index contributed by atoms with van der Waals surface area (Å²) in [6, 6.07) is 8.28. The Hall–Kier alpha value is -1.80. The van der Waals surface area contributed by atoms with Gasteiger partial charge >= 0.3 is 0 Å². The van der Waals surface area contributed by atoms with Gasteiger partial charge < -0.3 is 9.64 Å². The van der Waals surface area contributed by atoms with Crippen LogP contribution in [0.25, 0.3) is 0 Å². The quantitative estimate of drug-likeness (QED) is 0.596. The minimum Gasteiger partial charge on any atom is -0.492 e. The summed E-state index contributed by atoms with van der Waals surface area (Å²) >= 11 is 0. The number of nitrogens with zero attached hydrogens (tertiary/aromatic N) is 1. The predicted octanol–water partition coefficient (Wildman–Crippen LogP) is 4.25. The third-order valence-electron chi connectivity index (χ3n) is 3.50. The van der Waals surface area contributed by atoms with E-state index < -0.39 is 0 Å². The Morgan fingerprint density at radius 3 is 2.33 bits per heavy atom. The average molecular weight is 285 g/mol. The summed E-state index contributed by atoms with van der Waals surface area (Å²) in [4.78, 5) is 2.35. The molecule has 0 saturated heterocycles. The van der Waals surface area contributed by atoms with E-state index in [1.165, 1.54) is 11.1 Å². The van der Waals surface area contributed by atoms with Gasteiger partial charge in [-0.05, 0) is 42.8 Å².